The Morgan fingerprint density at radius 1 is 1.04 bits per heavy atom. The van der Waals surface area contributed by atoms with Crippen molar-refractivity contribution in [2.75, 3.05) is 40.6 Å². The molecular weight excluding hydrogens is 356 g/mol. The van der Waals surface area contributed by atoms with Gasteiger partial charge in [0.15, 0.2) is 11.5 Å². The van der Waals surface area contributed by atoms with Crippen LogP contribution in [-0.2, 0) is 6.54 Å². The van der Waals surface area contributed by atoms with Crippen molar-refractivity contribution in [1.29, 1.82) is 0 Å². The van der Waals surface area contributed by atoms with Crippen molar-refractivity contribution < 1.29 is 18.9 Å². The summed E-state index contributed by atoms with van der Waals surface area (Å²) in [4.78, 5) is 2.56. The van der Waals surface area contributed by atoms with E-state index in [1.807, 2.05) is 24.3 Å². The third-order valence-corrected chi connectivity index (χ3v) is 5.47. The highest BCUT2D eigenvalue weighted by Gasteiger charge is 2.24. The Kier molecular flexibility index (Phi) is 5.88. The van der Waals surface area contributed by atoms with Crippen LogP contribution in [0, 0.1) is 0 Å². The van der Waals surface area contributed by atoms with E-state index in [0.29, 0.717) is 11.8 Å². The van der Waals surface area contributed by atoms with E-state index in [9.17, 15) is 0 Å². The number of methoxy groups -OCH3 is 2. The second-order valence-electron chi connectivity index (χ2n) is 7.19. The highest BCUT2D eigenvalue weighted by Crippen LogP contribution is 2.41. The zero-order valence-corrected chi connectivity index (χ0v) is 16.6. The molecule has 6 nitrogen and oxygen atoms in total. The van der Waals surface area contributed by atoms with Crippen molar-refractivity contribution in [3.8, 4) is 23.0 Å². The molecule has 1 unspecified atom stereocenters. The Balaban J connectivity index is 1.44. The van der Waals surface area contributed by atoms with E-state index in [2.05, 4.69) is 22.3 Å². The topological polar surface area (TPSA) is 52.2 Å². The maximum absolute atomic E-state index is 5.53. The summed E-state index contributed by atoms with van der Waals surface area (Å²) in [6.07, 6.45) is 2.54. The van der Waals surface area contributed by atoms with E-state index < -0.39 is 0 Å². The average Bonchev–Trinajstić information content (AvgIpc) is 3.42. The molecule has 1 saturated heterocycles. The first-order valence-electron chi connectivity index (χ1n) is 9.83. The summed E-state index contributed by atoms with van der Waals surface area (Å²) in [6.45, 7) is 4.17. The Labute approximate surface area is 166 Å². The number of benzene rings is 2. The molecule has 2 aromatic carbocycles. The Morgan fingerprint density at radius 2 is 1.82 bits per heavy atom. The number of fused-ring (bicyclic) bond motifs is 1. The van der Waals surface area contributed by atoms with Crippen molar-refractivity contribution in [2.45, 2.75) is 25.4 Å². The summed E-state index contributed by atoms with van der Waals surface area (Å²) in [5.74, 6) is 3.06. The fourth-order valence-corrected chi connectivity index (χ4v) is 3.98. The van der Waals surface area contributed by atoms with Crippen molar-refractivity contribution in [3.05, 3.63) is 47.5 Å². The number of likely N-dealkylation sites (tertiary alicyclic amines) is 1. The lowest BCUT2D eigenvalue weighted by Gasteiger charge is -2.28. The molecule has 1 fully saturated rings. The molecule has 2 aromatic rings. The largest absolute Gasteiger partial charge is 0.497 e. The van der Waals surface area contributed by atoms with Gasteiger partial charge in [-0.25, -0.2) is 0 Å². The van der Waals surface area contributed by atoms with Crippen LogP contribution in [0.3, 0.4) is 0 Å². The molecule has 0 bridgehead atoms. The van der Waals surface area contributed by atoms with Gasteiger partial charge in [-0.1, -0.05) is 12.1 Å². The molecule has 1 N–H and O–H groups in total. The van der Waals surface area contributed by atoms with Crippen LogP contribution < -0.4 is 24.3 Å². The number of nitrogens with one attached hydrogen (secondary N) is 1. The molecule has 2 heterocycles. The van der Waals surface area contributed by atoms with Gasteiger partial charge in [0.1, 0.15) is 5.75 Å². The lowest BCUT2D eigenvalue weighted by molar-refractivity contribution is 0.171. The van der Waals surface area contributed by atoms with Gasteiger partial charge >= 0.3 is 0 Å². The van der Waals surface area contributed by atoms with E-state index in [0.717, 1.165) is 49.0 Å². The molecule has 150 valence electrons. The maximum atomic E-state index is 5.53. The van der Waals surface area contributed by atoms with E-state index >= 15 is 0 Å². The van der Waals surface area contributed by atoms with Crippen LogP contribution in [0.5, 0.6) is 23.0 Å². The lowest BCUT2D eigenvalue weighted by atomic mass is 10.0. The summed E-state index contributed by atoms with van der Waals surface area (Å²) in [5.41, 5.74) is 2.44. The van der Waals surface area contributed by atoms with Crippen molar-refractivity contribution >= 4 is 0 Å². The van der Waals surface area contributed by atoms with Crippen molar-refractivity contribution in [2.24, 2.45) is 0 Å². The van der Waals surface area contributed by atoms with Gasteiger partial charge in [-0.15, -0.1) is 0 Å². The smallest absolute Gasteiger partial charge is 0.231 e. The quantitative estimate of drug-likeness (QED) is 0.753. The van der Waals surface area contributed by atoms with E-state index in [4.69, 9.17) is 18.9 Å². The van der Waals surface area contributed by atoms with Gasteiger partial charge in [-0.05, 0) is 61.3 Å². The summed E-state index contributed by atoms with van der Waals surface area (Å²) in [6, 6.07) is 12.8. The SMILES string of the molecule is COc1ccc(C(CNCc2cc(OC)c3c(c2)OCO3)N2CCCC2)cc1. The van der Waals surface area contributed by atoms with Crippen molar-refractivity contribution in [3.63, 3.8) is 0 Å². The van der Waals surface area contributed by atoms with Crippen molar-refractivity contribution in [1.82, 2.24) is 10.2 Å². The normalized spacial score (nSPS) is 16.9. The zero-order valence-electron chi connectivity index (χ0n) is 16.6. The molecule has 1 atom stereocenters. The first kappa shape index (κ1) is 18.9. The summed E-state index contributed by atoms with van der Waals surface area (Å²) < 4.78 is 21.8. The van der Waals surface area contributed by atoms with Gasteiger partial charge in [-0.3, -0.25) is 4.90 Å². The summed E-state index contributed by atoms with van der Waals surface area (Å²) in [5, 5.41) is 3.62. The third kappa shape index (κ3) is 4.03. The predicted molar refractivity (Wildman–Crippen MR) is 107 cm³/mol. The van der Waals surface area contributed by atoms with Gasteiger partial charge < -0.3 is 24.3 Å². The third-order valence-electron chi connectivity index (χ3n) is 5.47. The molecule has 6 heteroatoms. The summed E-state index contributed by atoms with van der Waals surface area (Å²) >= 11 is 0. The molecule has 0 radical (unpaired) electrons. The molecular formula is C22H28N2O4. The number of rotatable bonds is 8. The number of hydrogen-bond donors (Lipinski definition) is 1. The minimum Gasteiger partial charge on any atom is -0.497 e. The van der Waals surface area contributed by atoms with Gasteiger partial charge in [-0.2, -0.15) is 0 Å². The Bertz CT molecular complexity index is 788. The lowest BCUT2D eigenvalue weighted by Crippen LogP contribution is -2.34. The van der Waals surface area contributed by atoms with Gasteiger partial charge in [0.05, 0.1) is 14.2 Å². The molecule has 28 heavy (non-hydrogen) atoms. The number of hydrogen-bond acceptors (Lipinski definition) is 6. The van der Waals surface area contributed by atoms with Crippen LogP contribution in [0.1, 0.15) is 30.0 Å². The van der Waals surface area contributed by atoms with Crippen LogP contribution in [0.25, 0.3) is 0 Å². The molecule has 2 aliphatic rings. The maximum Gasteiger partial charge on any atom is 0.231 e. The van der Waals surface area contributed by atoms with Crippen LogP contribution in [0.2, 0.25) is 0 Å². The van der Waals surface area contributed by atoms with Gasteiger partial charge in [0, 0.05) is 19.1 Å². The van der Waals surface area contributed by atoms with Crippen LogP contribution in [-0.4, -0.2) is 45.5 Å². The predicted octanol–water partition coefficient (Wildman–Crippen LogP) is 3.36. The zero-order chi connectivity index (χ0) is 19.3. The second-order valence-corrected chi connectivity index (χ2v) is 7.19. The first-order chi connectivity index (χ1) is 13.8. The fourth-order valence-electron chi connectivity index (χ4n) is 3.98. The van der Waals surface area contributed by atoms with E-state index in [1.54, 1.807) is 14.2 Å². The average molecular weight is 384 g/mol. The van der Waals surface area contributed by atoms with Crippen LogP contribution in [0.15, 0.2) is 36.4 Å². The summed E-state index contributed by atoms with van der Waals surface area (Å²) in [7, 11) is 3.36. The molecule has 0 spiro atoms. The van der Waals surface area contributed by atoms with E-state index in [-0.39, 0.29) is 6.79 Å². The Morgan fingerprint density at radius 3 is 2.54 bits per heavy atom. The number of ether oxygens (including phenoxy) is 4. The minimum atomic E-state index is 0.247. The standard InChI is InChI=1S/C22H28N2O4/c1-25-18-7-5-17(6-8-18)19(24-9-3-4-10-24)14-23-13-16-11-20(26-2)22-21(12-16)27-15-28-22/h5-8,11-12,19,23H,3-4,9-10,13-15H2,1-2H3. The van der Waals surface area contributed by atoms with E-state index in [1.165, 1.54) is 18.4 Å². The molecule has 4 rings (SSSR count). The highest BCUT2D eigenvalue weighted by atomic mass is 16.7. The van der Waals surface area contributed by atoms with Gasteiger partial charge in [0.25, 0.3) is 0 Å². The molecule has 0 aromatic heterocycles. The monoisotopic (exact) mass is 384 g/mol. The Hall–Kier alpha value is -2.44. The van der Waals surface area contributed by atoms with Crippen LogP contribution >= 0.6 is 0 Å². The molecule has 0 aliphatic carbocycles. The first-order valence-corrected chi connectivity index (χ1v) is 9.83. The molecule has 2 aliphatic heterocycles. The second kappa shape index (κ2) is 8.71. The number of nitrogens with zero attached hydrogens (tertiary/aromatic N) is 1. The fraction of sp³-hybridized carbons (Fsp3) is 0.455. The minimum absolute atomic E-state index is 0.247. The highest BCUT2D eigenvalue weighted by molar-refractivity contribution is 5.55. The van der Waals surface area contributed by atoms with Gasteiger partial charge in [0.2, 0.25) is 12.5 Å². The van der Waals surface area contributed by atoms with Crippen LogP contribution in [0.4, 0.5) is 0 Å². The molecule has 0 saturated carbocycles. The molecule has 0 amide bonds.